The molecule has 1 saturated heterocycles. The predicted molar refractivity (Wildman–Crippen MR) is 81.0 cm³/mol. The van der Waals surface area contributed by atoms with Crippen LogP contribution < -0.4 is 5.73 Å². The van der Waals surface area contributed by atoms with Crippen LogP contribution in [0.4, 0.5) is 5.95 Å². The van der Waals surface area contributed by atoms with Crippen molar-refractivity contribution in [2.24, 2.45) is 0 Å². The van der Waals surface area contributed by atoms with Crippen LogP contribution in [-0.4, -0.2) is 47.3 Å². The number of hydrogen-bond donors (Lipinski definition) is 1. The minimum atomic E-state index is 0.537. The lowest BCUT2D eigenvalue weighted by molar-refractivity contribution is 0.0370. The molecule has 1 aliphatic rings. The molecule has 1 aromatic heterocycles. The highest BCUT2D eigenvalue weighted by Gasteiger charge is 2.13. The maximum Gasteiger partial charge on any atom is 0.201 e. The molecule has 108 valence electrons. The lowest BCUT2D eigenvalue weighted by Gasteiger charge is -2.26. The molecule has 0 aliphatic carbocycles. The number of imidazole rings is 1. The van der Waals surface area contributed by atoms with Gasteiger partial charge in [-0.3, -0.25) is 4.90 Å². The van der Waals surface area contributed by atoms with E-state index in [0.717, 1.165) is 56.8 Å². The zero-order valence-electron chi connectivity index (χ0n) is 11.4. The number of aryl methyl sites for hydroxylation is 1. The van der Waals surface area contributed by atoms with Gasteiger partial charge in [0, 0.05) is 26.2 Å². The van der Waals surface area contributed by atoms with Crippen molar-refractivity contribution in [3.63, 3.8) is 0 Å². The van der Waals surface area contributed by atoms with E-state index in [1.54, 1.807) is 0 Å². The number of anilines is 1. The molecule has 5 nitrogen and oxygen atoms in total. The van der Waals surface area contributed by atoms with E-state index in [1.165, 1.54) is 0 Å². The van der Waals surface area contributed by atoms with Gasteiger partial charge in [-0.2, -0.15) is 0 Å². The number of benzene rings is 1. The molecule has 0 saturated carbocycles. The molecule has 2 heterocycles. The molecule has 20 heavy (non-hydrogen) atoms. The van der Waals surface area contributed by atoms with Gasteiger partial charge in [0.2, 0.25) is 5.95 Å². The Morgan fingerprint density at radius 2 is 2.05 bits per heavy atom. The summed E-state index contributed by atoms with van der Waals surface area (Å²) in [6.45, 7) is 5.59. The third kappa shape index (κ3) is 2.75. The van der Waals surface area contributed by atoms with Gasteiger partial charge in [0.25, 0.3) is 0 Å². The summed E-state index contributed by atoms with van der Waals surface area (Å²) in [5.74, 6) is 0.537. The van der Waals surface area contributed by atoms with Crippen LogP contribution in [0.3, 0.4) is 0 Å². The third-order valence-electron chi connectivity index (χ3n) is 3.71. The van der Waals surface area contributed by atoms with Gasteiger partial charge in [-0.05, 0) is 18.6 Å². The van der Waals surface area contributed by atoms with Gasteiger partial charge in [0.05, 0.1) is 29.3 Å². The van der Waals surface area contributed by atoms with Crippen LogP contribution in [0.25, 0.3) is 11.0 Å². The van der Waals surface area contributed by atoms with Crippen molar-refractivity contribution in [1.82, 2.24) is 14.5 Å². The van der Waals surface area contributed by atoms with Gasteiger partial charge in [-0.15, -0.1) is 0 Å². The normalized spacial score (nSPS) is 16.9. The number of morpholine rings is 1. The van der Waals surface area contributed by atoms with E-state index in [1.807, 2.05) is 22.8 Å². The number of halogens is 1. The highest BCUT2D eigenvalue weighted by Crippen LogP contribution is 2.25. The Morgan fingerprint density at radius 3 is 2.85 bits per heavy atom. The second kappa shape index (κ2) is 5.99. The van der Waals surface area contributed by atoms with Crippen molar-refractivity contribution in [3.05, 3.63) is 23.2 Å². The van der Waals surface area contributed by atoms with Gasteiger partial charge in [-0.25, -0.2) is 4.98 Å². The fraction of sp³-hybridized carbons (Fsp3) is 0.500. The van der Waals surface area contributed by atoms with Gasteiger partial charge >= 0.3 is 0 Å². The standard InChI is InChI=1S/C14H19ClN4O/c15-11-3-1-4-12-13(11)19(14(16)17-12)6-2-5-18-7-9-20-10-8-18/h1,3-4H,2,5-10H2,(H2,16,17). The monoisotopic (exact) mass is 294 g/mol. The minimum Gasteiger partial charge on any atom is -0.379 e. The number of nitrogens with two attached hydrogens (primary N) is 1. The zero-order chi connectivity index (χ0) is 13.9. The quantitative estimate of drug-likeness (QED) is 0.937. The zero-order valence-corrected chi connectivity index (χ0v) is 12.1. The molecule has 0 radical (unpaired) electrons. The first-order valence-electron chi connectivity index (χ1n) is 6.96. The average molecular weight is 295 g/mol. The summed E-state index contributed by atoms with van der Waals surface area (Å²) < 4.78 is 7.36. The minimum absolute atomic E-state index is 0.537. The van der Waals surface area contributed by atoms with Gasteiger partial charge in [0.15, 0.2) is 0 Å². The molecule has 0 amide bonds. The largest absolute Gasteiger partial charge is 0.379 e. The van der Waals surface area contributed by atoms with Crippen LogP contribution in [-0.2, 0) is 11.3 Å². The van der Waals surface area contributed by atoms with Crippen molar-refractivity contribution in [2.45, 2.75) is 13.0 Å². The molecule has 1 aromatic carbocycles. The number of ether oxygens (including phenoxy) is 1. The Hall–Kier alpha value is -1.30. The van der Waals surface area contributed by atoms with E-state index in [4.69, 9.17) is 22.1 Å². The molecule has 6 heteroatoms. The fourth-order valence-electron chi connectivity index (χ4n) is 2.66. The number of fused-ring (bicyclic) bond motifs is 1. The SMILES string of the molecule is Nc1nc2cccc(Cl)c2n1CCCN1CCOCC1. The first-order valence-corrected chi connectivity index (χ1v) is 7.34. The van der Waals surface area contributed by atoms with Crippen LogP contribution in [0.1, 0.15) is 6.42 Å². The first kappa shape index (κ1) is 13.7. The maximum atomic E-state index is 6.26. The fourth-order valence-corrected chi connectivity index (χ4v) is 2.93. The van der Waals surface area contributed by atoms with E-state index in [-0.39, 0.29) is 0 Å². The molecule has 3 rings (SSSR count). The van der Waals surface area contributed by atoms with Crippen molar-refractivity contribution in [2.75, 3.05) is 38.6 Å². The van der Waals surface area contributed by atoms with Crippen LogP contribution in [0.2, 0.25) is 5.02 Å². The van der Waals surface area contributed by atoms with Crippen molar-refractivity contribution >= 4 is 28.6 Å². The Bertz CT molecular complexity index is 592. The molecule has 0 bridgehead atoms. The number of para-hydroxylation sites is 1. The van der Waals surface area contributed by atoms with Gasteiger partial charge in [-0.1, -0.05) is 17.7 Å². The maximum absolute atomic E-state index is 6.26. The average Bonchev–Trinajstić information content (AvgIpc) is 2.78. The lowest BCUT2D eigenvalue weighted by atomic mass is 10.3. The molecule has 1 fully saturated rings. The highest BCUT2D eigenvalue weighted by molar-refractivity contribution is 6.35. The van der Waals surface area contributed by atoms with Crippen molar-refractivity contribution in [1.29, 1.82) is 0 Å². The molecule has 0 spiro atoms. The molecule has 0 atom stereocenters. The van der Waals surface area contributed by atoms with E-state index >= 15 is 0 Å². The van der Waals surface area contributed by atoms with E-state index in [2.05, 4.69) is 9.88 Å². The van der Waals surface area contributed by atoms with Crippen LogP contribution >= 0.6 is 11.6 Å². The van der Waals surface area contributed by atoms with E-state index in [9.17, 15) is 0 Å². The summed E-state index contributed by atoms with van der Waals surface area (Å²) in [5.41, 5.74) is 7.80. The summed E-state index contributed by atoms with van der Waals surface area (Å²) >= 11 is 6.26. The lowest BCUT2D eigenvalue weighted by Crippen LogP contribution is -2.37. The van der Waals surface area contributed by atoms with E-state index in [0.29, 0.717) is 11.0 Å². The summed E-state index contributed by atoms with van der Waals surface area (Å²) in [5, 5.41) is 0.707. The molecular weight excluding hydrogens is 276 g/mol. The molecule has 2 aromatic rings. The molecule has 2 N–H and O–H groups in total. The topological polar surface area (TPSA) is 56.3 Å². The third-order valence-corrected chi connectivity index (χ3v) is 4.01. The van der Waals surface area contributed by atoms with Crippen molar-refractivity contribution in [3.8, 4) is 0 Å². The van der Waals surface area contributed by atoms with Crippen molar-refractivity contribution < 1.29 is 4.74 Å². The van der Waals surface area contributed by atoms with Gasteiger partial charge < -0.3 is 15.0 Å². The number of hydrogen-bond acceptors (Lipinski definition) is 4. The predicted octanol–water partition coefficient (Wildman–Crippen LogP) is 1.99. The van der Waals surface area contributed by atoms with Gasteiger partial charge in [0.1, 0.15) is 0 Å². The Morgan fingerprint density at radius 1 is 1.25 bits per heavy atom. The Kier molecular flexibility index (Phi) is 4.10. The van der Waals surface area contributed by atoms with Crippen LogP contribution in [0, 0.1) is 0 Å². The second-order valence-electron chi connectivity index (χ2n) is 5.04. The summed E-state index contributed by atoms with van der Waals surface area (Å²) in [6, 6.07) is 5.72. The molecular formula is C14H19ClN4O. The first-order chi connectivity index (χ1) is 9.75. The Labute approximate surface area is 123 Å². The highest BCUT2D eigenvalue weighted by atomic mass is 35.5. The van der Waals surface area contributed by atoms with Crippen LogP contribution in [0.15, 0.2) is 18.2 Å². The number of nitrogens with zero attached hydrogens (tertiary/aromatic N) is 3. The van der Waals surface area contributed by atoms with Crippen LogP contribution in [0.5, 0.6) is 0 Å². The number of nitrogen functional groups attached to an aromatic ring is 1. The summed E-state index contributed by atoms with van der Waals surface area (Å²) in [7, 11) is 0. The molecule has 0 unspecified atom stereocenters. The number of rotatable bonds is 4. The second-order valence-corrected chi connectivity index (χ2v) is 5.44. The van der Waals surface area contributed by atoms with E-state index < -0.39 is 0 Å². The summed E-state index contributed by atoms with van der Waals surface area (Å²) in [4.78, 5) is 6.78. The number of aromatic nitrogens is 2. The smallest absolute Gasteiger partial charge is 0.201 e. The summed E-state index contributed by atoms with van der Waals surface area (Å²) in [6.07, 6.45) is 1.03. The molecule has 1 aliphatic heterocycles. The Balaban J connectivity index is 1.69.